The van der Waals surface area contributed by atoms with E-state index in [0.717, 1.165) is 19.1 Å². The fourth-order valence-electron chi connectivity index (χ4n) is 2.75. The number of hydrogen-bond acceptors (Lipinski definition) is 5. The van der Waals surface area contributed by atoms with Gasteiger partial charge in [-0.1, -0.05) is 6.07 Å². The molecule has 2 fully saturated rings. The first-order valence-electron chi connectivity index (χ1n) is 7.78. The van der Waals surface area contributed by atoms with Crippen molar-refractivity contribution in [3.63, 3.8) is 0 Å². The summed E-state index contributed by atoms with van der Waals surface area (Å²) in [5.74, 6) is 0.241. The van der Waals surface area contributed by atoms with Gasteiger partial charge in [0.05, 0.1) is 9.79 Å². The average Bonchev–Trinajstić information content (AvgIpc) is 3.38. The van der Waals surface area contributed by atoms with E-state index in [4.69, 9.17) is 0 Å². The average molecular weight is 372 g/mol. The lowest BCUT2D eigenvalue weighted by molar-refractivity contribution is -0.133. The summed E-state index contributed by atoms with van der Waals surface area (Å²) in [4.78, 5) is 13.7. The van der Waals surface area contributed by atoms with Crippen molar-refractivity contribution in [2.24, 2.45) is 5.92 Å². The predicted octanol–water partition coefficient (Wildman–Crippen LogP) is 0.333. The van der Waals surface area contributed by atoms with Gasteiger partial charge in [-0.05, 0) is 31.0 Å². The van der Waals surface area contributed by atoms with E-state index < -0.39 is 19.9 Å². The van der Waals surface area contributed by atoms with Crippen LogP contribution in [0.25, 0.3) is 0 Å². The molecule has 1 saturated carbocycles. The highest BCUT2D eigenvalue weighted by atomic mass is 32.2. The number of carbonyl (C=O) groups excluding carboxylic acids is 1. The Morgan fingerprint density at radius 1 is 1.00 bits per heavy atom. The minimum Gasteiger partial charge on any atom is -0.340 e. The number of amides is 1. The van der Waals surface area contributed by atoms with Gasteiger partial charge in [0, 0.05) is 38.4 Å². The Morgan fingerprint density at radius 2 is 1.58 bits per heavy atom. The van der Waals surface area contributed by atoms with E-state index in [-0.39, 0.29) is 34.7 Å². The van der Waals surface area contributed by atoms with Crippen LogP contribution in [0.1, 0.15) is 12.8 Å². The molecule has 1 heterocycles. The normalized spacial score (nSPS) is 20.1. The van der Waals surface area contributed by atoms with Gasteiger partial charge in [-0.15, -0.1) is 0 Å². The number of carbonyl (C=O) groups is 1. The lowest BCUT2D eigenvalue weighted by Gasteiger charge is -2.34. The Morgan fingerprint density at radius 3 is 2.12 bits per heavy atom. The van der Waals surface area contributed by atoms with Gasteiger partial charge in [0.2, 0.25) is 15.9 Å². The van der Waals surface area contributed by atoms with E-state index in [0.29, 0.717) is 13.1 Å². The number of rotatable bonds is 4. The van der Waals surface area contributed by atoms with Crippen LogP contribution in [0.5, 0.6) is 0 Å². The second-order valence-electron chi connectivity index (χ2n) is 6.25. The molecule has 1 aliphatic heterocycles. The number of hydrogen-bond donors (Lipinski definition) is 0. The quantitative estimate of drug-likeness (QED) is 0.760. The van der Waals surface area contributed by atoms with E-state index in [1.807, 2.05) is 0 Å². The lowest BCUT2D eigenvalue weighted by Crippen LogP contribution is -2.50. The third-order valence-corrected chi connectivity index (χ3v) is 7.35. The van der Waals surface area contributed by atoms with Crippen molar-refractivity contribution >= 4 is 25.8 Å². The summed E-state index contributed by atoms with van der Waals surface area (Å²) in [5.41, 5.74) is 0. The topological polar surface area (TPSA) is 91.8 Å². The van der Waals surface area contributed by atoms with Crippen molar-refractivity contribution in [2.45, 2.75) is 22.6 Å². The zero-order valence-corrected chi connectivity index (χ0v) is 15.0. The van der Waals surface area contributed by atoms with Crippen LogP contribution >= 0.6 is 0 Å². The maximum atomic E-state index is 12.7. The van der Waals surface area contributed by atoms with Gasteiger partial charge in [0.25, 0.3) is 0 Å². The fourth-order valence-corrected chi connectivity index (χ4v) is 4.96. The van der Waals surface area contributed by atoms with Crippen molar-refractivity contribution in [1.82, 2.24) is 9.21 Å². The van der Waals surface area contributed by atoms with Crippen molar-refractivity contribution < 1.29 is 21.6 Å². The molecule has 1 aliphatic carbocycles. The molecule has 0 atom stereocenters. The molecule has 2 aliphatic rings. The third-order valence-electron chi connectivity index (χ3n) is 4.35. The van der Waals surface area contributed by atoms with Crippen LogP contribution in [0, 0.1) is 5.92 Å². The molecule has 1 aromatic carbocycles. The zero-order chi connectivity index (χ0) is 17.5. The maximum absolute atomic E-state index is 12.7. The van der Waals surface area contributed by atoms with Crippen LogP contribution in [0.4, 0.5) is 0 Å². The van der Waals surface area contributed by atoms with Crippen molar-refractivity contribution in [3.8, 4) is 0 Å². The standard InChI is InChI=1S/C15H20N2O5S2/c1-23(19,20)13-3-2-4-14(11-13)24(21,22)17-9-7-16(8-10-17)15(18)12-5-6-12/h2-4,11-12H,5-10H2,1H3. The minimum atomic E-state index is -3.77. The summed E-state index contributed by atoms with van der Waals surface area (Å²) in [6, 6.07) is 5.38. The molecule has 3 rings (SSSR count). The van der Waals surface area contributed by atoms with Gasteiger partial charge in [-0.2, -0.15) is 4.31 Å². The van der Waals surface area contributed by atoms with Crippen LogP contribution in [-0.2, 0) is 24.7 Å². The number of benzene rings is 1. The molecule has 7 nitrogen and oxygen atoms in total. The van der Waals surface area contributed by atoms with Crippen LogP contribution in [0.3, 0.4) is 0 Å². The largest absolute Gasteiger partial charge is 0.340 e. The van der Waals surface area contributed by atoms with Crippen molar-refractivity contribution in [3.05, 3.63) is 24.3 Å². The second-order valence-corrected chi connectivity index (χ2v) is 10.2. The first-order chi connectivity index (χ1) is 11.2. The first-order valence-corrected chi connectivity index (χ1v) is 11.1. The van der Waals surface area contributed by atoms with E-state index in [2.05, 4.69) is 0 Å². The zero-order valence-electron chi connectivity index (χ0n) is 13.4. The predicted molar refractivity (Wildman–Crippen MR) is 87.6 cm³/mol. The third kappa shape index (κ3) is 3.47. The van der Waals surface area contributed by atoms with Crippen LogP contribution in [-0.4, -0.2) is 64.4 Å². The smallest absolute Gasteiger partial charge is 0.243 e. The molecule has 0 aromatic heterocycles. The maximum Gasteiger partial charge on any atom is 0.243 e. The number of sulfonamides is 1. The summed E-state index contributed by atoms with van der Waals surface area (Å²) in [5, 5.41) is 0. The summed E-state index contributed by atoms with van der Waals surface area (Å²) < 4.78 is 50.0. The van der Waals surface area contributed by atoms with Gasteiger partial charge in [-0.25, -0.2) is 16.8 Å². The Kier molecular flexibility index (Phi) is 4.43. The van der Waals surface area contributed by atoms with Crippen LogP contribution in [0.2, 0.25) is 0 Å². The molecule has 0 unspecified atom stereocenters. The highest BCUT2D eigenvalue weighted by Gasteiger charge is 2.36. The van der Waals surface area contributed by atoms with Gasteiger partial charge in [0.15, 0.2) is 9.84 Å². The highest BCUT2D eigenvalue weighted by molar-refractivity contribution is 7.91. The Hall–Kier alpha value is -1.45. The van der Waals surface area contributed by atoms with Gasteiger partial charge in [0.1, 0.15) is 0 Å². The summed E-state index contributed by atoms with van der Waals surface area (Å²) >= 11 is 0. The van der Waals surface area contributed by atoms with Crippen molar-refractivity contribution in [2.75, 3.05) is 32.4 Å². The van der Waals surface area contributed by atoms with Crippen LogP contribution < -0.4 is 0 Å². The molecular formula is C15H20N2O5S2. The monoisotopic (exact) mass is 372 g/mol. The number of piperazine rings is 1. The molecule has 0 radical (unpaired) electrons. The molecule has 1 aromatic rings. The molecule has 1 saturated heterocycles. The Labute approximate surface area is 142 Å². The van der Waals surface area contributed by atoms with E-state index >= 15 is 0 Å². The van der Waals surface area contributed by atoms with E-state index in [1.54, 1.807) is 4.90 Å². The highest BCUT2D eigenvalue weighted by Crippen LogP contribution is 2.31. The van der Waals surface area contributed by atoms with Crippen molar-refractivity contribution in [1.29, 1.82) is 0 Å². The SMILES string of the molecule is CS(=O)(=O)c1cccc(S(=O)(=O)N2CCN(C(=O)C3CC3)CC2)c1. The van der Waals surface area contributed by atoms with Crippen LogP contribution in [0.15, 0.2) is 34.1 Å². The summed E-state index contributed by atoms with van der Waals surface area (Å²) in [6.45, 7) is 1.20. The fraction of sp³-hybridized carbons (Fsp3) is 0.533. The molecule has 24 heavy (non-hydrogen) atoms. The van der Waals surface area contributed by atoms with Gasteiger partial charge < -0.3 is 4.90 Å². The molecule has 0 N–H and O–H groups in total. The number of sulfone groups is 1. The molecule has 0 bridgehead atoms. The van der Waals surface area contributed by atoms with Gasteiger partial charge >= 0.3 is 0 Å². The van der Waals surface area contributed by atoms with E-state index in [1.165, 1.54) is 28.6 Å². The Balaban J connectivity index is 1.76. The van der Waals surface area contributed by atoms with E-state index in [9.17, 15) is 21.6 Å². The molecule has 0 spiro atoms. The Bertz CT molecular complexity index is 852. The minimum absolute atomic E-state index is 0.0221. The molecule has 9 heteroatoms. The van der Waals surface area contributed by atoms with Gasteiger partial charge in [-0.3, -0.25) is 4.79 Å². The first kappa shape index (κ1) is 17.4. The molecular weight excluding hydrogens is 352 g/mol. The molecule has 132 valence electrons. The molecule has 1 amide bonds. The second kappa shape index (κ2) is 6.12. The summed E-state index contributed by atoms with van der Waals surface area (Å²) in [7, 11) is -7.24. The lowest BCUT2D eigenvalue weighted by atomic mass is 10.3. The number of nitrogens with zero attached hydrogens (tertiary/aromatic N) is 2. The summed E-state index contributed by atoms with van der Waals surface area (Å²) in [6.07, 6.45) is 2.90.